The summed E-state index contributed by atoms with van der Waals surface area (Å²) in [6.07, 6.45) is 1.44. The minimum atomic E-state index is -0.774. The first-order valence-corrected chi connectivity index (χ1v) is 12.2. The third kappa shape index (κ3) is 6.62. The smallest absolute Gasteiger partial charge is 0.329 e. The lowest BCUT2D eigenvalue weighted by molar-refractivity contribution is -0.127. The molecule has 1 heterocycles. The summed E-state index contributed by atoms with van der Waals surface area (Å²) < 4.78 is 19.9. The van der Waals surface area contributed by atoms with Crippen molar-refractivity contribution in [3.63, 3.8) is 0 Å². The molecule has 0 unspecified atom stereocenters. The van der Waals surface area contributed by atoms with E-state index >= 15 is 0 Å². The van der Waals surface area contributed by atoms with Gasteiger partial charge < -0.3 is 20.7 Å². The highest BCUT2D eigenvalue weighted by Gasteiger charge is 2.35. The molecule has 3 aromatic carbocycles. The molecule has 38 heavy (non-hydrogen) atoms. The molecular formula is C27H22BrFN4O5. The maximum absolute atomic E-state index is 13.8. The number of halogens is 2. The van der Waals surface area contributed by atoms with Crippen molar-refractivity contribution in [2.75, 3.05) is 23.8 Å². The van der Waals surface area contributed by atoms with E-state index in [1.165, 1.54) is 24.3 Å². The van der Waals surface area contributed by atoms with Gasteiger partial charge >= 0.3 is 6.03 Å². The number of anilines is 2. The molecule has 3 N–H and O–H groups in total. The van der Waals surface area contributed by atoms with Crippen molar-refractivity contribution in [3.05, 3.63) is 93.8 Å². The predicted octanol–water partition coefficient (Wildman–Crippen LogP) is 4.45. The Labute approximate surface area is 225 Å². The molecule has 4 rings (SSSR count). The summed E-state index contributed by atoms with van der Waals surface area (Å²) in [6, 6.07) is 17.0. The molecule has 3 aromatic rings. The Bertz CT molecular complexity index is 1440. The highest BCUT2D eigenvalue weighted by Crippen LogP contribution is 2.27. The summed E-state index contributed by atoms with van der Waals surface area (Å²) in [5.41, 5.74) is 2.20. The first kappa shape index (κ1) is 26.6. The molecule has 1 aliphatic heterocycles. The number of imide groups is 1. The van der Waals surface area contributed by atoms with Crippen molar-refractivity contribution in [1.29, 1.82) is 0 Å². The van der Waals surface area contributed by atoms with Crippen LogP contribution in [0.3, 0.4) is 0 Å². The van der Waals surface area contributed by atoms with Crippen molar-refractivity contribution >= 4 is 57.1 Å². The minimum absolute atomic E-state index is 0.0354. The Kier molecular flexibility index (Phi) is 8.17. The number of benzene rings is 3. The molecule has 0 atom stereocenters. The zero-order chi connectivity index (χ0) is 27.2. The van der Waals surface area contributed by atoms with Crippen LogP contribution in [0.5, 0.6) is 5.75 Å². The van der Waals surface area contributed by atoms with Gasteiger partial charge in [0.05, 0.1) is 10.2 Å². The van der Waals surface area contributed by atoms with Crippen LogP contribution in [0.1, 0.15) is 11.1 Å². The van der Waals surface area contributed by atoms with Gasteiger partial charge in [0, 0.05) is 5.69 Å². The van der Waals surface area contributed by atoms with Crippen LogP contribution in [0, 0.1) is 12.7 Å². The molecule has 0 bridgehead atoms. The number of nitrogens with one attached hydrogen (secondary N) is 3. The zero-order valence-corrected chi connectivity index (χ0v) is 21.7. The van der Waals surface area contributed by atoms with Gasteiger partial charge in [0.15, 0.2) is 6.61 Å². The normalized spacial score (nSPS) is 13.9. The van der Waals surface area contributed by atoms with E-state index in [4.69, 9.17) is 4.74 Å². The largest absolute Gasteiger partial charge is 0.483 e. The van der Waals surface area contributed by atoms with E-state index in [0.717, 1.165) is 10.5 Å². The van der Waals surface area contributed by atoms with E-state index in [1.54, 1.807) is 36.4 Å². The van der Waals surface area contributed by atoms with Crippen molar-refractivity contribution in [3.8, 4) is 5.75 Å². The number of nitrogens with zero attached hydrogens (tertiary/aromatic N) is 1. The Morgan fingerprint density at radius 3 is 2.47 bits per heavy atom. The van der Waals surface area contributed by atoms with Gasteiger partial charge in [-0.3, -0.25) is 14.4 Å². The second-order valence-corrected chi connectivity index (χ2v) is 9.15. The molecule has 11 heteroatoms. The molecule has 5 amide bonds. The van der Waals surface area contributed by atoms with Crippen LogP contribution in [0.4, 0.5) is 20.6 Å². The third-order valence-electron chi connectivity index (χ3n) is 5.37. The molecular weight excluding hydrogens is 559 g/mol. The number of carbonyl (C=O) groups is 4. The monoisotopic (exact) mass is 580 g/mol. The van der Waals surface area contributed by atoms with Crippen molar-refractivity contribution in [2.24, 2.45) is 0 Å². The summed E-state index contributed by atoms with van der Waals surface area (Å²) >= 11 is 3.38. The fourth-order valence-electron chi connectivity index (χ4n) is 3.48. The summed E-state index contributed by atoms with van der Waals surface area (Å²) in [4.78, 5) is 50.2. The van der Waals surface area contributed by atoms with Crippen LogP contribution in [-0.4, -0.2) is 41.8 Å². The number of ether oxygens (including phenoxy) is 1. The minimum Gasteiger partial charge on any atom is -0.483 e. The van der Waals surface area contributed by atoms with Crippen molar-refractivity contribution < 1.29 is 28.3 Å². The molecule has 0 aliphatic carbocycles. The summed E-state index contributed by atoms with van der Waals surface area (Å²) in [6.45, 7) is 1.15. The standard InChI is InChI=1S/C27H22BrFN4O5/c1-16-6-9-18(10-7-16)30-25(35)15-38-23-11-8-17(12-19(23)28)13-22-26(36)33(27(37)32-22)14-24(34)31-21-5-3-2-4-20(21)29/h2-13H,14-15H2,1H3,(H,30,35)(H,31,34)(H,32,37)/b22-13+. The van der Waals surface area contributed by atoms with Gasteiger partial charge in [-0.05, 0) is 70.9 Å². The Morgan fingerprint density at radius 2 is 1.76 bits per heavy atom. The van der Waals surface area contributed by atoms with Gasteiger partial charge in [0.1, 0.15) is 23.8 Å². The summed E-state index contributed by atoms with van der Waals surface area (Å²) in [5.74, 6) is -1.99. The average Bonchev–Trinajstić information content (AvgIpc) is 3.13. The summed E-state index contributed by atoms with van der Waals surface area (Å²) in [7, 11) is 0. The SMILES string of the molecule is Cc1ccc(NC(=O)COc2ccc(/C=C3/NC(=O)N(CC(=O)Nc4ccccc4F)C3=O)cc2Br)cc1. The molecule has 0 saturated carbocycles. The predicted molar refractivity (Wildman–Crippen MR) is 143 cm³/mol. The number of carbonyl (C=O) groups excluding carboxylic acids is 4. The molecule has 0 radical (unpaired) electrons. The molecule has 0 aromatic heterocycles. The fraction of sp³-hybridized carbons (Fsp3) is 0.111. The van der Waals surface area contributed by atoms with Crippen molar-refractivity contribution in [2.45, 2.75) is 6.92 Å². The van der Waals surface area contributed by atoms with Crippen LogP contribution in [0.15, 0.2) is 76.9 Å². The van der Waals surface area contributed by atoms with Crippen LogP contribution in [0.25, 0.3) is 6.08 Å². The van der Waals surface area contributed by atoms with Crippen molar-refractivity contribution in [1.82, 2.24) is 10.2 Å². The molecule has 1 fully saturated rings. The molecule has 1 saturated heterocycles. The molecule has 194 valence electrons. The molecule has 9 nitrogen and oxygen atoms in total. The van der Waals surface area contributed by atoms with Crippen LogP contribution >= 0.6 is 15.9 Å². The zero-order valence-electron chi connectivity index (χ0n) is 20.1. The molecule has 0 spiro atoms. The van der Waals surface area contributed by atoms with Gasteiger partial charge in [0.2, 0.25) is 5.91 Å². The van der Waals surface area contributed by atoms with Gasteiger partial charge in [0.25, 0.3) is 11.8 Å². The Morgan fingerprint density at radius 1 is 1.03 bits per heavy atom. The molecule has 1 aliphatic rings. The second kappa shape index (κ2) is 11.7. The number of hydrogen-bond donors (Lipinski definition) is 3. The van der Waals surface area contributed by atoms with Gasteiger partial charge in [-0.1, -0.05) is 35.9 Å². The fourth-order valence-corrected chi connectivity index (χ4v) is 3.99. The lowest BCUT2D eigenvalue weighted by Crippen LogP contribution is -2.38. The number of urea groups is 1. The maximum Gasteiger partial charge on any atom is 0.329 e. The van der Waals surface area contributed by atoms with Gasteiger partial charge in [-0.2, -0.15) is 0 Å². The quantitative estimate of drug-likeness (QED) is 0.269. The van der Waals surface area contributed by atoms with Crippen LogP contribution in [-0.2, 0) is 14.4 Å². The van der Waals surface area contributed by atoms with E-state index in [2.05, 4.69) is 31.9 Å². The van der Waals surface area contributed by atoms with Crippen LogP contribution in [0.2, 0.25) is 0 Å². The Balaban J connectivity index is 1.35. The number of hydrogen-bond acceptors (Lipinski definition) is 5. The Hall–Kier alpha value is -4.51. The van der Waals surface area contributed by atoms with Crippen LogP contribution < -0.4 is 20.7 Å². The van der Waals surface area contributed by atoms with E-state index < -0.39 is 30.2 Å². The lowest BCUT2D eigenvalue weighted by Gasteiger charge is -2.12. The number of amides is 5. The highest BCUT2D eigenvalue weighted by atomic mass is 79.9. The highest BCUT2D eigenvalue weighted by molar-refractivity contribution is 9.10. The summed E-state index contributed by atoms with van der Waals surface area (Å²) in [5, 5.41) is 7.51. The van der Waals surface area contributed by atoms with Gasteiger partial charge in [-0.15, -0.1) is 0 Å². The first-order chi connectivity index (χ1) is 18.2. The lowest BCUT2D eigenvalue weighted by atomic mass is 10.2. The number of rotatable bonds is 8. The van der Waals surface area contributed by atoms with Gasteiger partial charge in [-0.25, -0.2) is 14.1 Å². The average molecular weight is 581 g/mol. The topological polar surface area (TPSA) is 117 Å². The second-order valence-electron chi connectivity index (χ2n) is 8.30. The van der Waals surface area contributed by atoms with E-state index in [1.807, 2.05) is 19.1 Å². The van der Waals surface area contributed by atoms with E-state index in [0.29, 0.717) is 21.5 Å². The number of aryl methyl sites for hydroxylation is 1. The van der Waals surface area contributed by atoms with E-state index in [9.17, 15) is 23.6 Å². The third-order valence-corrected chi connectivity index (χ3v) is 5.99. The van der Waals surface area contributed by atoms with E-state index in [-0.39, 0.29) is 23.9 Å². The number of para-hydroxylation sites is 1. The first-order valence-electron chi connectivity index (χ1n) is 11.4. The maximum atomic E-state index is 13.8.